The fourth-order valence-electron chi connectivity index (χ4n) is 2.30. The van der Waals surface area contributed by atoms with Crippen molar-refractivity contribution in [3.05, 3.63) is 54.1 Å². The molecule has 0 fully saturated rings. The summed E-state index contributed by atoms with van der Waals surface area (Å²) >= 11 is 0. The van der Waals surface area contributed by atoms with Gasteiger partial charge < -0.3 is 20.3 Å². The highest BCUT2D eigenvalue weighted by molar-refractivity contribution is 5.80. The molecule has 0 aromatic heterocycles. The number of hydrogen-bond acceptors (Lipinski definition) is 4. The van der Waals surface area contributed by atoms with Crippen molar-refractivity contribution < 1.29 is 9.53 Å². The third kappa shape index (κ3) is 5.50. The number of carbonyl (C=O) groups is 1. The molecule has 2 N–H and O–H groups in total. The molecule has 0 aliphatic rings. The van der Waals surface area contributed by atoms with Crippen LogP contribution in [-0.4, -0.2) is 40.2 Å². The minimum atomic E-state index is -0.0189. The van der Waals surface area contributed by atoms with E-state index in [-0.39, 0.29) is 12.5 Å². The molecule has 0 saturated carbocycles. The summed E-state index contributed by atoms with van der Waals surface area (Å²) in [7, 11) is 5.65. The third-order valence-electron chi connectivity index (χ3n) is 3.71. The van der Waals surface area contributed by atoms with Gasteiger partial charge in [0, 0.05) is 32.0 Å². The summed E-state index contributed by atoms with van der Waals surface area (Å²) in [6.07, 6.45) is 0.778. The molecule has 2 rings (SSSR count). The number of ether oxygens (including phenoxy) is 1. The maximum Gasteiger partial charge on any atom is 0.239 e. The molecule has 0 bridgehead atoms. The van der Waals surface area contributed by atoms with Gasteiger partial charge in [0.2, 0.25) is 5.91 Å². The summed E-state index contributed by atoms with van der Waals surface area (Å²) in [6.45, 7) is 0.868. The zero-order chi connectivity index (χ0) is 17.4. The normalized spacial score (nSPS) is 10.1. The van der Waals surface area contributed by atoms with Crippen molar-refractivity contribution in [1.82, 2.24) is 5.32 Å². The van der Waals surface area contributed by atoms with Crippen molar-refractivity contribution in [2.45, 2.75) is 6.42 Å². The number of amides is 1. The molecule has 0 radical (unpaired) electrons. The zero-order valence-corrected chi connectivity index (χ0v) is 14.5. The van der Waals surface area contributed by atoms with Crippen LogP contribution in [0.5, 0.6) is 5.75 Å². The molecule has 2 aromatic carbocycles. The van der Waals surface area contributed by atoms with E-state index in [2.05, 4.69) is 10.6 Å². The Balaban J connectivity index is 1.71. The molecule has 24 heavy (non-hydrogen) atoms. The summed E-state index contributed by atoms with van der Waals surface area (Å²) in [5.41, 5.74) is 3.20. The Morgan fingerprint density at radius 2 is 1.88 bits per heavy atom. The molecule has 0 atom stereocenters. The van der Waals surface area contributed by atoms with E-state index in [1.165, 1.54) is 0 Å². The summed E-state index contributed by atoms with van der Waals surface area (Å²) in [5.74, 6) is 0.816. The Morgan fingerprint density at radius 3 is 2.54 bits per heavy atom. The monoisotopic (exact) mass is 327 g/mol. The lowest BCUT2D eigenvalue weighted by Crippen LogP contribution is -2.31. The number of benzene rings is 2. The Bertz CT molecular complexity index is 654. The highest BCUT2D eigenvalue weighted by Gasteiger charge is 2.02. The van der Waals surface area contributed by atoms with Crippen LogP contribution in [0.1, 0.15) is 5.56 Å². The van der Waals surface area contributed by atoms with Gasteiger partial charge in [-0.05, 0) is 48.4 Å². The zero-order valence-electron chi connectivity index (χ0n) is 14.5. The number of anilines is 2. The lowest BCUT2D eigenvalue weighted by Gasteiger charge is -2.13. The Hall–Kier alpha value is -2.69. The highest BCUT2D eigenvalue weighted by atomic mass is 16.5. The van der Waals surface area contributed by atoms with E-state index in [0.717, 1.165) is 29.1 Å². The summed E-state index contributed by atoms with van der Waals surface area (Å²) < 4.78 is 5.19. The first kappa shape index (κ1) is 17.7. The largest absolute Gasteiger partial charge is 0.497 e. The number of hydrogen-bond donors (Lipinski definition) is 2. The second-order valence-electron chi connectivity index (χ2n) is 5.75. The van der Waals surface area contributed by atoms with E-state index in [1.54, 1.807) is 7.11 Å². The minimum Gasteiger partial charge on any atom is -0.497 e. The van der Waals surface area contributed by atoms with Crippen LogP contribution >= 0.6 is 0 Å². The number of rotatable bonds is 8. The predicted molar refractivity (Wildman–Crippen MR) is 99.0 cm³/mol. The molecule has 0 aliphatic heterocycles. The van der Waals surface area contributed by atoms with Gasteiger partial charge in [0.1, 0.15) is 5.75 Å². The van der Waals surface area contributed by atoms with Crippen molar-refractivity contribution in [1.29, 1.82) is 0 Å². The van der Waals surface area contributed by atoms with Crippen molar-refractivity contribution >= 4 is 17.3 Å². The average Bonchev–Trinajstić information content (AvgIpc) is 2.60. The Labute approximate surface area is 143 Å². The lowest BCUT2D eigenvalue weighted by molar-refractivity contribution is -0.119. The fraction of sp³-hybridized carbons (Fsp3) is 0.316. The maximum atomic E-state index is 11.9. The van der Waals surface area contributed by atoms with Gasteiger partial charge in [-0.15, -0.1) is 0 Å². The maximum absolute atomic E-state index is 11.9. The first-order chi connectivity index (χ1) is 11.6. The molecule has 1 amide bonds. The minimum absolute atomic E-state index is 0.0189. The SMILES string of the molecule is COc1cccc(CCNC(=O)CNc2ccc(N(C)C)cc2)c1. The van der Waals surface area contributed by atoms with Crippen LogP contribution in [-0.2, 0) is 11.2 Å². The number of carbonyl (C=O) groups excluding carboxylic acids is 1. The van der Waals surface area contributed by atoms with Crippen LogP contribution in [0.25, 0.3) is 0 Å². The molecule has 128 valence electrons. The summed E-state index contributed by atoms with van der Waals surface area (Å²) in [5, 5.41) is 6.04. The van der Waals surface area contributed by atoms with Gasteiger partial charge in [-0.25, -0.2) is 0 Å². The average molecular weight is 327 g/mol. The van der Waals surface area contributed by atoms with Crippen LogP contribution in [0.15, 0.2) is 48.5 Å². The van der Waals surface area contributed by atoms with Crippen molar-refractivity contribution in [2.75, 3.05) is 44.5 Å². The first-order valence-electron chi connectivity index (χ1n) is 7.99. The van der Waals surface area contributed by atoms with E-state index in [0.29, 0.717) is 6.54 Å². The van der Waals surface area contributed by atoms with E-state index >= 15 is 0 Å². The Morgan fingerprint density at radius 1 is 1.12 bits per heavy atom. The van der Waals surface area contributed by atoms with E-state index in [1.807, 2.05) is 67.5 Å². The quantitative estimate of drug-likeness (QED) is 0.782. The van der Waals surface area contributed by atoms with Gasteiger partial charge in [0.05, 0.1) is 13.7 Å². The van der Waals surface area contributed by atoms with Crippen LogP contribution < -0.4 is 20.3 Å². The predicted octanol–water partition coefficient (Wildman–Crippen LogP) is 2.53. The lowest BCUT2D eigenvalue weighted by atomic mass is 10.1. The second kappa shape index (κ2) is 8.82. The van der Waals surface area contributed by atoms with Gasteiger partial charge in [-0.1, -0.05) is 12.1 Å². The van der Waals surface area contributed by atoms with Crippen LogP contribution in [0.4, 0.5) is 11.4 Å². The molecule has 0 saturated heterocycles. The number of methoxy groups -OCH3 is 1. The van der Waals surface area contributed by atoms with E-state index in [4.69, 9.17) is 4.74 Å². The van der Waals surface area contributed by atoms with Crippen LogP contribution in [0, 0.1) is 0 Å². The molecule has 5 nitrogen and oxygen atoms in total. The molecular formula is C19H25N3O2. The van der Waals surface area contributed by atoms with Gasteiger partial charge in [0.15, 0.2) is 0 Å². The van der Waals surface area contributed by atoms with Gasteiger partial charge in [-0.2, -0.15) is 0 Å². The fourth-order valence-corrected chi connectivity index (χ4v) is 2.30. The molecule has 0 aliphatic carbocycles. The standard InChI is InChI=1S/C19H25N3O2/c1-22(2)17-9-7-16(8-10-17)21-14-19(23)20-12-11-15-5-4-6-18(13-15)24-3/h4-10,13,21H,11-12,14H2,1-3H3,(H,20,23). The molecule has 5 heteroatoms. The van der Waals surface area contributed by atoms with Crippen LogP contribution in [0.2, 0.25) is 0 Å². The topological polar surface area (TPSA) is 53.6 Å². The molecular weight excluding hydrogens is 302 g/mol. The van der Waals surface area contributed by atoms with Crippen LogP contribution in [0.3, 0.4) is 0 Å². The van der Waals surface area contributed by atoms with Crippen molar-refractivity contribution in [3.8, 4) is 5.75 Å². The Kier molecular flexibility index (Phi) is 6.49. The molecule has 0 heterocycles. The van der Waals surface area contributed by atoms with E-state index < -0.39 is 0 Å². The number of nitrogens with zero attached hydrogens (tertiary/aromatic N) is 1. The number of nitrogens with one attached hydrogen (secondary N) is 2. The highest BCUT2D eigenvalue weighted by Crippen LogP contribution is 2.15. The van der Waals surface area contributed by atoms with Gasteiger partial charge >= 0.3 is 0 Å². The summed E-state index contributed by atoms with van der Waals surface area (Å²) in [4.78, 5) is 13.9. The first-order valence-corrected chi connectivity index (χ1v) is 7.99. The smallest absolute Gasteiger partial charge is 0.239 e. The van der Waals surface area contributed by atoms with Gasteiger partial charge in [-0.3, -0.25) is 4.79 Å². The second-order valence-corrected chi connectivity index (χ2v) is 5.75. The van der Waals surface area contributed by atoms with Gasteiger partial charge in [0.25, 0.3) is 0 Å². The third-order valence-corrected chi connectivity index (χ3v) is 3.71. The molecule has 2 aromatic rings. The van der Waals surface area contributed by atoms with Crippen molar-refractivity contribution in [3.63, 3.8) is 0 Å². The van der Waals surface area contributed by atoms with E-state index in [9.17, 15) is 4.79 Å². The van der Waals surface area contributed by atoms with Crippen molar-refractivity contribution in [2.24, 2.45) is 0 Å². The summed E-state index contributed by atoms with van der Waals surface area (Å²) in [6, 6.07) is 15.8. The molecule has 0 spiro atoms. The molecule has 0 unspecified atom stereocenters.